The molecule has 0 bridgehead atoms. The molecule has 0 heterocycles. The zero-order chi connectivity index (χ0) is 16.2. The van der Waals surface area contributed by atoms with E-state index in [1.54, 1.807) is 0 Å². The van der Waals surface area contributed by atoms with Crippen molar-refractivity contribution < 1.29 is 0 Å². The first kappa shape index (κ1) is 16.8. The van der Waals surface area contributed by atoms with Gasteiger partial charge in [0.2, 0.25) is 0 Å². The van der Waals surface area contributed by atoms with Crippen molar-refractivity contribution in [1.29, 1.82) is 0 Å². The molecule has 0 aliphatic heterocycles. The number of nitrogens with two attached hydrogens (primary N) is 1. The van der Waals surface area contributed by atoms with Crippen LogP contribution in [0.5, 0.6) is 0 Å². The molecule has 1 heteroatoms. The molecule has 0 spiro atoms. The zero-order valence-corrected chi connectivity index (χ0v) is 14.3. The SMILES string of the molecule is CC(c1ccc(C(C)(C)C)cc1)C(CCN)c1ccccc1. The van der Waals surface area contributed by atoms with E-state index in [1.165, 1.54) is 16.7 Å². The van der Waals surface area contributed by atoms with Crippen LogP contribution in [-0.4, -0.2) is 6.54 Å². The summed E-state index contributed by atoms with van der Waals surface area (Å²) in [6.45, 7) is 9.81. The Morgan fingerprint density at radius 1 is 0.864 bits per heavy atom. The maximum Gasteiger partial charge on any atom is -0.00712 e. The molecule has 118 valence electrons. The topological polar surface area (TPSA) is 26.0 Å². The predicted octanol–water partition coefficient (Wildman–Crippen LogP) is 5.22. The molecule has 2 unspecified atom stereocenters. The Labute approximate surface area is 135 Å². The average Bonchev–Trinajstić information content (AvgIpc) is 2.52. The molecule has 0 fully saturated rings. The molecular weight excluding hydrogens is 266 g/mol. The zero-order valence-electron chi connectivity index (χ0n) is 14.3. The first-order valence-corrected chi connectivity index (χ1v) is 8.29. The highest BCUT2D eigenvalue weighted by molar-refractivity contribution is 5.32. The van der Waals surface area contributed by atoms with Gasteiger partial charge < -0.3 is 5.73 Å². The van der Waals surface area contributed by atoms with E-state index in [0.717, 1.165) is 13.0 Å². The molecule has 0 amide bonds. The molecule has 0 saturated carbocycles. The lowest BCUT2D eigenvalue weighted by atomic mass is 9.79. The first-order chi connectivity index (χ1) is 10.4. The Hall–Kier alpha value is -1.60. The third kappa shape index (κ3) is 3.98. The molecule has 22 heavy (non-hydrogen) atoms. The monoisotopic (exact) mass is 295 g/mol. The Morgan fingerprint density at radius 3 is 1.95 bits per heavy atom. The summed E-state index contributed by atoms with van der Waals surface area (Å²) in [5.41, 5.74) is 10.2. The summed E-state index contributed by atoms with van der Waals surface area (Å²) in [5.74, 6) is 0.951. The van der Waals surface area contributed by atoms with Gasteiger partial charge in [0.05, 0.1) is 0 Å². The second kappa shape index (κ2) is 7.11. The van der Waals surface area contributed by atoms with Crippen LogP contribution in [0.25, 0.3) is 0 Å². The van der Waals surface area contributed by atoms with Gasteiger partial charge in [-0.2, -0.15) is 0 Å². The Morgan fingerprint density at radius 2 is 1.45 bits per heavy atom. The Balaban J connectivity index is 2.25. The van der Waals surface area contributed by atoms with E-state index in [0.29, 0.717) is 11.8 Å². The molecule has 2 atom stereocenters. The van der Waals surface area contributed by atoms with Crippen LogP contribution in [-0.2, 0) is 5.41 Å². The van der Waals surface area contributed by atoms with E-state index in [9.17, 15) is 0 Å². The first-order valence-electron chi connectivity index (χ1n) is 8.29. The van der Waals surface area contributed by atoms with Crippen LogP contribution in [0.4, 0.5) is 0 Å². The summed E-state index contributed by atoms with van der Waals surface area (Å²) >= 11 is 0. The second-order valence-electron chi connectivity index (χ2n) is 7.26. The number of hydrogen-bond acceptors (Lipinski definition) is 1. The largest absolute Gasteiger partial charge is 0.330 e. The lowest BCUT2D eigenvalue weighted by Crippen LogP contribution is -2.14. The maximum atomic E-state index is 5.86. The van der Waals surface area contributed by atoms with Gasteiger partial charge in [-0.3, -0.25) is 0 Å². The fourth-order valence-corrected chi connectivity index (χ4v) is 3.10. The summed E-state index contributed by atoms with van der Waals surface area (Å²) in [6.07, 6.45) is 1.02. The summed E-state index contributed by atoms with van der Waals surface area (Å²) < 4.78 is 0. The minimum Gasteiger partial charge on any atom is -0.330 e. The van der Waals surface area contributed by atoms with Gasteiger partial charge >= 0.3 is 0 Å². The van der Waals surface area contributed by atoms with E-state index < -0.39 is 0 Å². The highest BCUT2D eigenvalue weighted by Crippen LogP contribution is 2.35. The third-order valence-corrected chi connectivity index (χ3v) is 4.61. The van der Waals surface area contributed by atoms with Crippen molar-refractivity contribution in [2.75, 3.05) is 6.54 Å². The lowest BCUT2D eigenvalue weighted by molar-refractivity contribution is 0.540. The van der Waals surface area contributed by atoms with Crippen molar-refractivity contribution in [2.24, 2.45) is 5.73 Å². The molecule has 2 aromatic carbocycles. The Kier molecular flexibility index (Phi) is 5.42. The molecule has 0 aliphatic carbocycles. The van der Waals surface area contributed by atoms with Crippen LogP contribution in [0.2, 0.25) is 0 Å². The minimum absolute atomic E-state index is 0.206. The average molecular weight is 295 g/mol. The van der Waals surface area contributed by atoms with Crippen molar-refractivity contribution in [2.45, 2.75) is 51.4 Å². The van der Waals surface area contributed by atoms with Gasteiger partial charge in [-0.15, -0.1) is 0 Å². The molecule has 2 N–H and O–H groups in total. The summed E-state index contributed by atoms with van der Waals surface area (Å²) in [4.78, 5) is 0. The van der Waals surface area contributed by atoms with E-state index in [2.05, 4.69) is 82.3 Å². The van der Waals surface area contributed by atoms with Crippen molar-refractivity contribution >= 4 is 0 Å². The molecule has 0 radical (unpaired) electrons. The van der Waals surface area contributed by atoms with Crippen molar-refractivity contribution in [1.82, 2.24) is 0 Å². The van der Waals surface area contributed by atoms with Crippen LogP contribution in [0.1, 0.15) is 62.6 Å². The Bertz CT molecular complexity index is 563. The summed E-state index contributed by atoms with van der Waals surface area (Å²) in [6, 6.07) is 19.9. The highest BCUT2D eigenvalue weighted by atomic mass is 14.5. The van der Waals surface area contributed by atoms with E-state index in [1.807, 2.05) is 0 Å². The van der Waals surface area contributed by atoms with Gasteiger partial charge in [0.25, 0.3) is 0 Å². The van der Waals surface area contributed by atoms with Gasteiger partial charge in [0.1, 0.15) is 0 Å². The van der Waals surface area contributed by atoms with E-state index in [4.69, 9.17) is 5.73 Å². The highest BCUT2D eigenvalue weighted by Gasteiger charge is 2.21. The summed E-state index contributed by atoms with van der Waals surface area (Å²) in [5, 5.41) is 0. The van der Waals surface area contributed by atoms with Crippen molar-refractivity contribution in [3.63, 3.8) is 0 Å². The van der Waals surface area contributed by atoms with Crippen LogP contribution in [0.15, 0.2) is 54.6 Å². The van der Waals surface area contributed by atoms with Crippen LogP contribution in [0.3, 0.4) is 0 Å². The van der Waals surface area contributed by atoms with Gasteiger partial charge in [-0.25, -0.2) is 0 Å². The molecule has 0 saturated heterocycles. The molecule has 2 rings (SSSR count). The summed E-state index contributed by atoms with van der Waals surface area (Å²) in [7, 11) is 0. The standard InChI is InChI=1S/C21H29N/c1-16(17-10-12-19(13-11-17)21(2,3)4)20(14-15-22)18-8-6-5-7-9-18/h5-13,16,20H,14-15,22H2,1-4H3. The van der Waals surface area contributed by atoms with Gasteiger partial charge in [0.15, 0.2) is 0 Å². The molecular formula is C21H29N. The van der Waals surface area contributed by atoms with E-state index in [-0.39, 0.29) is 5.41 Å². The normalized spacial score (nSPS) is 14.6. The number of benzene rings is 2. The van der Waals surface area contributed by atoms with Gasteiger partial charge in [0, 0.05) is 0 Å². The lowest BCUT2D eigenvalue weighted by Gasteiger charge is -2.26. The van der Waals surface area contributed by atoms with Crippen molar-refractivity contribution in [3.8, 4) is 0 Å². The van der Waals surface area contributed by atoms with Gasteiger partial charge in [-0.1, -0.05) is 82.3 Å². The van der Waals surface area contributed by atoms with Crippen molar-refractivity contribution in [3.05, 3.63) is 71.3 Å². The fourth-order valence-electron chi connectivity index (χ4n) is 3.10. The maximum absolute atomic E-state index is 5.86. The molecule has 0 aliphatic rings. The predicted molar refractivity (Wildman–Crippen MR) is 96.4 cm³/mol. The number of hydrogen-bond donors (Lipinski definition) is 1. The minimum atomic E-state index is 0.206. The van der Waals surface area contributed by atoms with Gasteiger partial charge in [-0.05, 0) is 46.9 Å². The van der Waals surface area contributed by atoms with Crippen LogP contribution < -0.4 is 5.73 Å². The fraction of sp³-hybridized carbons (Fsp3) is 0.429. The third-order valence-electron chi connectivity index (χ3n) is 4.61. The van der Waals surface area contributed by atoms with E-state index >= 15 is 0 Å². The molecule has 2 aromatic rings. The molecule has 1 nitrogen and oxygen atoms in total. The quantitative estimate of drug-likeness (QED) is 0.804. The van der Waals surface area contributed by atoms with Crippen LogP contribution >= 0.6 is 0 Å². The number of rotatable bonds is 5. The molecule has 0 aromatic heterocycles. The van der Waals surface area contributed by atoms with Crippen LogP contribution in [0, 0.1) is 0 Å². The smallest absolute Gasteiger partial charge is 0.00712 e. The second-order valence-corrected chi connectivity index (χ2v) is 7.26.